The predicted octanol–water partition coefficient (Wildman–Crippen LogP) is 2.66. The zero-order valence-electron chi connectivity index (χ0n) is 13.4. The lowest BCUT2D eigenvalue weighted by molar-refractivity contribution is -0.156. The van der Waals surface area contributed by atoms with Crippen molar-refractivity contribution in [1.29, 1.82) is 0 Å². The molecule has 3 atom stereocenters. The summed E-state index contributed by atoms with van der Waals surface area (Å²) >= 11 is 0. The number of carbonyl (C=O) groups is 2. The van der Waals surface area contributed by atoms with Gasteiger partial charge in [-0.25, -0.2) is 4.79 Å². The van der Waals surface area contributed by atoms with Gasteiger partial charge in [-0.05, 0) is 44.7 Å². The Hall–Kier alpha value is -1.82. The van der Waals surface area contributed by atoms with Crippen molar-refractivity contribution in [3.8, 4) is 0 Å². The van der Waals surface area contributed by atoms with Crippen LogP contribution in [-0.2, 0) is 14.3 Å². The molecule has 0 saturated carbocycles. The highest BCUT2D eigenvalue weighted by molar-refractivity contribution is 5.83. The molecule has 3 heterocycles. The Morgan fingerprint density at radius 3 is 2.57 bits per heavy atom. The summed E-state index contributed by atoms with van der Waals surface area (Å²) in [6.45, 7) is 2.56. The lowest BCUT2D eigenvalue weighted by Gasteiger charge is -2.30. The summed E-state index contributed by atoms with van der Waals surface area (Å²) < 4.78 is 11.2. The first-order valence-electron chi connectivity index (χ1n) is 8.31. The van der Waals surface area contributed by atoms with Crippen molar-refractivity contribution < 1.29 is 23.8 Å². The number of carboxylic acids is 1. The van der Waals surface area contributed by atoms with E-state index in [1.807, 2.05) is 24.0 Å². The molecule has 0 radical (unpaired) electrons. The lowest BCUT2D eigenvalue weighted by atomic mass is 10.1. The number of amides is 1. The van der Waals surface area contributed by atoms with E-state index in [-0.39, 0.29) is 11.9 Å². The average Bonchev–Trinajstić information content (AvgIpc) is 3.10. The predicted molar refractivity (Wildman–Crippen MR) is 81.9 cm³/mol. The molecule has 1 aromatic heterocycles. The second-order valence-corrected chi connectivity index (χ2v) is 6.37. The van der Waals surface area contributed by atoms with Gasteiger partial charge in [0, 0.05) is 6.54 Å². The Labute approximate surface area is 135 Å². The van der Waals surface area contributed by atoms with E-state index in [4.69, 9.17) is 14.3 Å². The molecule has 1 N–H and O–H groups in total. The van der Waals surface area contributed by atoms with E-state index in [9.17, 15) is 9.59 Å². The Morgan fingerprint density at radius 2 is 1.91 bits per heavy atom. The molecule has 2 saturated heterocycles. The van der Waals surface area contributed by atoms with Crippen molar-refractivity contribution in [2.24, 2.45) is 0 Å². The van der Waals surface area contributed by atoms with E-state index in [0.717, 1.165) is 37.2 Å². The van der Waals surface area contributed by atoms with Crippen LogP contribution in [0.15, 0.2) is 16.5 Å². The van der Waals surface area contributed by atoms with Crippen LogP contribution < -0.4 is 0 Å². The van der Waals surface area contributed by atoms with E-state index in [2.05, 4.69) is 0 Å². The van der Waals surface area contributed by atoms with Crippen molar-refractivity contribution in [3.63, 3.8) is 0 Å². The van der Waals surface area contributed by atoms with Crippen molar-refractivity contribution >= 4 is 11.9 Å². The highest BCUT2D eigenvalue weighted by atomic mass is 16.5. The maximum absolute atomic E-state index is 12.9. The van der Waals surface area contributed by atoms with Crippen LogP contribution in [0.5, 0.6) is 0 Å². The third-order valence-electron chi connectivity index (χ3n) is 4.70. The molecule has 0 spiro atoms. The second kappa shape index (κ2) is 6.74. The molecule has 6 heteroatoms. The van der Waals surface area contributed by atoms with Crippen LogP contribution in [0.1, 0.15) is 56.1 Å². The fourth-order valence-corrected chi connectivity index (χ4v) is 3.49. The van der Waals surface area contributed by atoms with Gasteiger partial charge >= 0.3 is 5.97 Å². The van der Waals surface area contributed by atoms with Gasteiger partial charge in [-0.2, -0.15) is 0 Å². The van der Waals surface area contributed by atoms with E-state index in [0.29, 0.717) is 19.4 Å². The zero-order chi connectivity index (χ0) is 16.4. The minimum atomic E-state index is -0.991. The van der Waals surface area contributed by atoms with Gasteiger partial charge in [0.1, 0.15) is 17.6 Å². The molecule has 0 aliphatic carbocycles. The number of aryl methyl sites for hydroxylation is 1. The van der Waals surface area contributed by atoms with Gasteiger partial charge in [0.05, 0.1) is 6.04 Å². The van der Waals surface area contributed by atoms with Crippen molar-refractivity contribution in [2.45, 2.75) is 63.7 Å². The molecule has 3 rings (SSSR count). The Morgan fingerprint density at radius 1 is 1.13 bits per heavy atom. The minimum Gasteiger partial charge on any atom is -0.479 e. The molecule has 126 valence electrons. The van der Waals surface area contributed by atoms with E-state index in [1.165, 1.54) is 0 Å². The molecular weight excluding hydrogens is 298 g/mol. The second-order valence-electron chi connectivity index (χ2n) is 6.37. The first-order chi connectivity index (χ1) is 11.1. The maximum Gasteiger partial charge on any atom is 0.332 e. The zero-order valence-corrected chi connectivity index (χ0v) is 13.4. The number of furan rings is 1. The lowest BCUT2D eigenvalue weighted by Crippen LogP contribution is -2.42. The first-order valence-corrected chi connectivity index (χ1v) is 8.31. The molecule has 0 bridgehead atoms. The maximum atomic E-state index is 12.9. The highest BCUT2D eigenvalue weighted by Gasteiger charge is 2.39. The van der Waals surface area contributed by atoms with Gasteiger partial charge < -0.3 is 19.2 Å². The summed E-state index contributed by atoms with van der Waals surface area (Å²) in [6.07, 6.45) is 3.32. The Balaban J connectivity index is 1.77. The SMILES string of the molecule is Cc1ccc(C2CCCCCN2C(=O)[C@@H]2CC[C@H](C(=O)O)O2)o1. The summed E-state index contributed by atoms with van der Waals surface area (Å²) in [5.74, 6) is 0.550. The number of nitrogens with zero attached hydrogens (tertiary/aromatic N) is 1. The number of carbonyl (C=O) groups excluding carboxylic acids is 1. The summed E-state index contributed by atoms with van der Waals surface area (Å²) in [5.41, 5.74) is 0. The van der Waals surface area contributed by atoms with Crippen LogP contribution in [-0.4, -0.2) is 40.6 Å². The van der Waals surface area contributed by atoms with Crippen LogP contribution in [0.3, 0.4) is 0 Å². The quantitative estimate of drug-likeness (QED) is 0.926. The number of aliphatic carboxylic acids is 1. The fourth-order valence-electron chi connectivity index (χ4n) is 3.49. The number of likely N-dealkylation sites (tertiary alicyclic amines) is 1. The molecular formula is C17H23NO5. The molecule has 1 aromatic rings. The van der Waals surface area contributed by atoms with Crippen molar-refractivity contribution in [2.75, 3.05) is 6.54 Å². The van der Waals surface area contributed by atoms with Crippen LogP contribution in [0.2, 0.25) is 0 Å². The summed E-state index contributed by atoms with van der Waals surface area (Å²) in [7, 11) is 0. The van der Waals surface area contributed by atoms with Gasteiger partial charge in [-0.1, -0.05) is 12.8 Å². The van der Waals surface area contributed by atoms with E-state index >= 15 is 0 Å². The third kappa shape index (κ3) is 3.42. The van der Waals surface area contributed by atoms with Crippen LogP contribution in [0.4, 0.5) is 0 Å². The molecule has 2 aliphatic rings. The largest absolute Gasteiger partial charge is 0.479 e. The summed E-state index contributed by atoms with van der Waals surface area (Å²) in [5, 5.41) is 9.04. The number of rotatable bonds is 3. The Kier molecular flexibility index (Phi) is 4.71. The van der Waals surface area contributed by atoms with E-state index in [1.54, 1.807) is 0 Å². The summed E-state index contributed by atoms with van der Waals surface area (Å²) in [6, 6.07) is 3.77. The van der Waals surface area contributed by atoms with Crippen LogP contribution in [0.25, 0.3) is 0 Å². The normalized spacial score (nSPS) is 28.6. The highest BCUT2D eigenvalue weighted by Crippen LogP contribution is 2.33. The van der Waals surface area contributed by atoms with Crippen molar-refractivity contribution in [3.05, 3.63) is 23.7 Å². The molecule has 2 aliphatic heterocycles. The topological polar surface area (TPSA) is 80.0 Å². The third-order valence-corrected chi connectivity index (χ3v) is 4.70. The number of hydrogen-bond donors (Lipinski definition) is 1. The average molecular weight is 321 g/mol. The van der Waals surface area contributed by atoms with Gasteiger partial charge in [-0.3, -0.25) is 4.79 Å². The molecule has 1 amide bonds. The smallest absolute Gasteiger partial charge is 0.332 e. The van der Waals surface area contributed by atoms with Gasteiger partial charge in [0.15, 0.2) is 6.10 Å². The molecule has 1 unspecified atom stereocenters. The van der Waals surface area contributed by atoms with E-state index < -0.39 is 18.2 Å². The monoisotopic (exact) mass is 321 g/mol. The molecule has 23 heavy (non-hydrogen) atoms. The number of carboxylic acid groups (broad SMARTS) is 1. The fraction of sp³-hybridized carbons (Fsp3) is 0.647. The molecule has 6 nitrogen and oxygen atoms in total. The summed E-state index contributed by atoms with van der Waals surface area (Å²) in [4.78, 5) is 25.7. The first kappa shape index (κ1) is 16.1. The minimum absolute atomic E-state index is 0.0776. The van der Waals surface area contributed by atoms with Gasteiger partial charge in [-0.15, -0.1) is 0 Å². The van der Waals surface area contributed by atoms with Gasteiger partial charge in [0.25, 0.3) is 5.91 Å². The van der Waals surface area contributed by atoms with Crippen molar-refractivity contribution in [1.82, 2.24) is 4.90 Å². The number of hydrogen-bond acceptors (Lipinski definition) is 4. The molecule has 0 aromatic carbocycles. The number of ether oxygens (including phenoxy) is 1. The van der Waals surface area contributed by atoms with Crippen LogP contribution >= 0.6 is 0 Å². The molecule has 2 fully saturated rings. The Bertz CT molecular complexity index is 581. The standard InChI is InChI=1S/C17H23NO5/c1-11-6-7-13(22-11)12-5-3-2-4-10-18(12)16(19)14-8-9-15(23-14)17(20)21/h6-7,12,14-15H,2-5,8-10H2,1H3,(H,20,21)/t12?,14-,15+/m0/s1. The van der Waals surface area contributed by atoms with Crippen LogP contribution in [0, 0.1) is 6.92 Å². The van der Waals surface area contributed by atoms with Gasteiger partial charge in [0.2, 0.25) is 0 Å².